The Morgan fingerprint density at radius 1 is 1.23 bits per heavy atom. The molecule has 0 radical (unpaired) electrons. The van der Waals surface area contributed by atoms with Crippen LogP contribution in [0, 0.1) is 5.41 Å². The number of hydrogen-bond acceptors (Lipinski definition) is 1. The molecular weight excluding hydrogens is 160 g/mol. The molecule has 0 fully saturated rings. The monoisotopic (exact) mass is 182 g/mol. The first-order chi connectivity index (χ1) is 5.76. The van der Waals surface area contributed by atoms with Gasteiger partial charge in [-0.2, -0.15) is 0 Å². The molecule has 0 amide bonds. The van der Waals surface area contributed by atoms with E-state index in [9.17, 15) is 5.11 Å². The van der Waals surface area contributed by atoms with Crippen molar-refractivity contribution >= 4 is 0 Å². The predicted molar refractivity (Wildman–Crippen MR) is 56.6 cm³/mol. The Labute approximate surface area is 81.9 Å². The van der Waals surface area contributed by atoms with Crippen LogP contribution in [-0.4, -0.2) is 10.7 Å². The van der Waals surface area contributed by atoms with Gasteiger partial charge in [-0.25, -0.2) is 0 Å². The standard InChI is InChI=1S/C12H22O/c1-9-6-7-12(5,8-10(9)2)11(3,4)13/h13H,6-8H2,1-5H3/t12-/m1/s1. The maximum atomic E-state index is 10.1. The minimum atomic E-state index is -0.561. The summed E-state index contributed by atoms with van der Waals surface area (Å²) in [5.41, 5.74) is 2.49. The van der Waals surface area contributed by atoms with E-state index >= 15 is 0 Å². The average molecular weight is 182 g/mol. The highest BCUT2D eigenvalue weighted by atomic mass is 16.3. The van der Waals surface area contributed by atoms with E-state index in [-0.39, 0.29) is 5.41 Å². The maximum absolute atomic E-state index is 10.1. The Kier molecular flexibility index (Phi) is 2.59. The summed E-state index contributed by atoms with van der Waals surface area (Å²) in [6.45, 7) is 10.5. The molecule has 0 spiro atoms. The molecule has 1 heteroatoms. The lowest BCUT2D eigenvalue weighted by molar-refractivity contribution is -0.0529. The molecule has 0 aromatic carbocycles. The molecule has 0 aromatic rings. The fourth-order valence-electron chi connectivity index (χ4n) is 2.02. The van der Waals surface area contributed by atoms with Gasteiger partial charge in [0.25, 0.3) is 0 Å². The predicted octanol–water partition coefficient (Wildman–Crippen LogP) is 3.28. The molecule has 0 heterocycles. The summed E-state index contributed by atoms with van der Waals surface area (Å²) in [5, 5.41) is 10.1. The Bertz CT molecular complexity index is 232. The largest absolute Gasteiger partial charge is 0.390 e. The van der Waals surface area contributed by atoms with E-state index < -0.39 is 5.60 Å². The SMILES string of the molecule is CC1=C(C)C[C@](C)(C(C)(C)O)CC1. The van der Waals surface area contributed by atoms with Crippen molar-refractivity contribution in [1.29, 1.82) is 0 Å². The van der Waals surface area contributed by atoms with Crippen molar-refractivity contribution in [3.05, 3.63) is 11.1 Å². The molecular formula is C12H22O. The van der Waals surface area contributed by atoms with Crippen molar-refractivity contribution in [3.63, 3.8) is 0 Å². The van der Waals surface area contributed by atoms with Crippen LogP contribution in [-0.2, 0) is 0 Å². The van der Waals surface area contributed by atoms with E-state index in [4.69, 9.17) is 0 Å². The van der Waals surface area contributed by atoms with Gasteiger partial charge in [0.05, 0.1) is 5.60 Å². The second-order valence-corrected chi connectivity index (χ2v) is 5.36. The lowest BCUT2D eigenvalue weighted by atomic mass is 9.65. The summed E-state index contributed by atoms with van der Waals surface area (Å²) >= 11 is 0. The Morgan fingerprint density at radius 2 is 1.77 bits per heavy atom. The first-order valence-electron chi connectivity index (χ1n) is 5.14. The van der Waals surface area contributed by atoms with Crippen molar-refractivity contribution in [1.82, 2.24) is 0 Å². The third-order valence-corrected chi connectivity index (χ3v) is 3.91. The van der Waals surface area contributed by atoms with Gasteiger partial charge in [-0.05, 0) is 52.4 Å². The second-order valence-electron chi connectivity index (χ2n) is 5.36. The highest BCUT2D eigenvalue weighted by Crippen LogP contribution is 2.45. The number of allylic oxidation sites excluding steroid dienone is 2. The van der Waals surface area contributed by atoms with E-state index in [1.54, 1.807) is 0 Å². The van der Waals surface area contributed by atoms with Gasteiger partial charge in [0.15, 0.2) is 0 Å². The zero-order chi connectivity index (χ0) is 10.3. The van der Waals surface area contributed by atoms with Crippen LogP contribution in [0.2, 0.25) is 0 Å². The number of aliphatic hydroxyl groups is 1. The first kappa shape index (κ1) is 10.8. The molecule has 13 heavy (non-hydrogen) atoms. The molecule has 0 saturated carbocycles. The molecule has 0 saturated heterocycles. The van der Waals surface area contributed by atoms with Gasteiger partial charge in [0.1, 0.15) is 0 Å². The normalized spacial score (nSPS) is 30.9. The van der Waals surface area contributed by atoms with E-state index in [2.05, 4.69) is 20.8 Å². The maximum Gasteiger partial charge on any atom is 0.0648 e. The third-order valence-electron chi connectivity index (χ3n) is 3.91. The molecule has 1 aliphatic rings. The fraction of sp³-hybridized carbons (Fsp3) is 0.833. The van der Waals surface area contributed by atoms with Crippen LogP contribution in [0.4, 0.5) is 0 Å². The van der Waals surface area contributed by atoms with Gasteiger partial charge >= 0.3 is 0 Å². The Morgan fingerprint density at radius 3 is 2.15 bits per heavy atom. The second kappa shape index (κ2) is 3.13. The van der Waals surface area contributed by atoms with Crippen molar-refractivity contribution in [2.75, 3.05) is 0 Å². The number of hydrogen-bond donors (Lipinski definition) is 1. The first-order valence-corrected chi connectivity index (χ1v) is 5.14. The Hall–Kier alpha value is -0.300. The summed E-state index contributed by atoms with van der Waals surface area (Å²) in [5.74, 6) is 0. The summed E-state index contributed by atoms with van der Waals surface area (Å²) in [6, 6.07) is 0. The van der Waals surface area contributed by atoms with Crippen molar-refractivity contribution in [3.8, 4) is 0 Å². The highest BCUT2D eigenvalue weighted by molar-refractivity contribution is 5.18. The molecule has 1 atom stereocenters. The molecule has 76 valence electrons. The summed E-state index contributed by atoms with van der Waals surface area (Å²) < 4.78 is 0. The van der Waals surface area contributed by atoms with Crippen LogP contribution in [0.5, 0.6) is 0 Å². The topological polar surface area (TPSA) is 20.2 Å². The van der Waals surface area contributed by atoms with Crippen molar-refractivity contribution in [2.45, 2.75) is 59.5 Å². The van der Waals surface area contributed by atoms with Crippen molar-refractivity contribution in [2.24, 2.45) is 5.41 Å². The van der Waals surface area contributed by atoms with Gasteiger partial charge in [-0.1, -0.05) is 18.1 Å². The van der Waals surface area contributed by atoms with Gasteiger partial charge < -0.3 is 5.11 Å². The molecule has 1 aliphatic carbocycles. The summed E-state index contributed by atoms with van der Waals surface area (Å²) in [6.07, 6.45) is 3.30. The summed E-state index contributed by atoms with van der Waals surface area (Å²) in [4.78, 5) is 0. The van der Waals surface area contributed by atoms with E-state index in [0.717, 1.165) is 19.3 Å². The molecule has 1 nitrogen and oxygen atoms in total. The highest BCUT2D eigenvalue weighted by Gasteiger charge is 2.40. The molecule has 0 aliphatic heterocycles. The minimum absolute atomic E-state index is 0.0661. The van der Waals surface area contributed by atoms with Gasteiger partial charge in [-0.3, -0.25) is 0 Å². The number of rotatable bonds is 1. The fourth-order valence-corrected chi connectivity index (χ4v) is 2.02. The summed E-state index contributed by atoms with van der Waals surface area (Å²) in [7, 11) is 0. The zero-order valence-electron chi connectivity index (χ0n) is 9.57. The van der Waals surface area contributed by atoms with E-state index in [1.165, 1.54) is 11.1 Å². The molecule has 0 unspecified atom stereocenters. The quantitative estimate of drug-likeness (QED) is 0.617. The van der Waals surface area contributed by atoms with Crippen LogP contribution < -0.4 is 0 Å². The average Bonchev–Trinajstić information content (AvgIpc) is 1.95. The van der Waals surface area contributed by atoms with Crippen LogP contribution in [0.3, 0.4) is 0 Å². The van der Waals surface area contributed by atoms with Gasteiger partial charge in [0, 0.05) is 0 Å². The lowest BCUT2D eigenvalue weighted by Crippen LogP contribution is -2.42. The van der Waals surface area contributed by atoms with Crippen LogP contribution >= 0.6 is 0 Å². The molecule has 1 rings (SSSR count). The van der Waals surface area contributed by atoms with Crippen LogP contribution in [0.1, 0.15) is 53.9 Å². The van der Waals surface area contributed by atoms with E-state index in [0.29, 0.717) is 0 Å². The smallest absolute Gasteiger partial charge is 0.0648 e. The van der Waals surface area contributed by atoms with Crippen LogP contribution in [0.15, 0.2) is 11.1 Å². The lowest BCUT2D eigenvalue weighted by Gasteiger charge is -2.44. The van der Waals surface area contributed by atoms with Gasteiger partial charge in [0.2, 0.25) is 0 Å². The van der Waals surface area contributed by atoms with Crippen molar-refractivity contribution < 1.29 is 5.11 Å². The molecule has 0 bridgehead atoms. The van der Waals surface area contributed by atoms with Gasteiger partial charge in [-0.15, -0.1) is 0 Å². The van der Waals surface area contributed by atoms with Crippen LogP contribution in [0.25, 0.3) is 0 Å². The third kappa shape index (κ3) is 1.96. The zero-order valence-corrected chi connectivity index (χ0v) is 9.57. The Balaban J connectivity index is 2.88. The molecule has 1 N–H and O–H groups in total. The van der Waals surface area contributed by atoms with E-state index in [1.807, 2.05) is 13.8 Å². The molecule has 0 aromatic heterocycles. The minimum Gasteiger partial charge on any atom is -0.390 e.